The van der Waals surface area contributed by atoms with Crippen LogP contribution in [0.3, 0.4) is 0 Å². The van der Waals surface area contributed by atoms with Crippen LogP contribution in [-0.2, 0) is 0 Å². The van der Waals surface area contributed by atoms with Crippen molar-refractivity contribution >= 4 is 34.5 Å². The molecule has 0 aromatic heterocycles. The third-order valence-corrected chi connectivity index (χ3v) is 8.82. The molecule has 0 saturated carbocycles. The molecule has 5 rings (SSSR count). The molecule has 0 aliphatic carbocycles. The molecule has 5 heteroatoms. The molecule has 0 atom stereocenters. The Morgan fingerprint density at radius 3 is 1.00 bits per heavy atom. The van der Waals surface area contributed by atoms with Gasteiger partial charge in [-0.25, -0.2) is 20.6 Å². The number of hydrogen-bond donors (Lipinski definition) is 0. The first-order valence-corrected chi connectivity index (χ1v) is 15.6. The molecule has 0 amide bonds. The minimum atomic E-state index is 0. The zero-order valence-corrected chi connectivity index (χ0v) is 27.9. The SMILES string of the molecule is CCC1=C2C=C3N=C(C=C4[N]C(=CC5=NC(=CC(=C1CC)[N]2)C(CC)=C5CC)C(CC)=C4CC)C(CC)=C3CC.[Mg]. The molecular weight excluding hydrogens is 513 g/mol. The van der Waals surface area contributed by atoms with E-state index in [-0.39, 0.29) is 23.1 Å². The lowest BCUT2D eigenvalue weighted by atomic mass is 9.95. The van der Waals surface area contributed by atoms with E-state index in [0.29, 0.717) is 0 Å². The van der Waals surface area contributed by atoms with Gasteiger partial charge in [0.1, 0.15) is 0 Å². The van der Waals surface area contributed by atoms with Gasteiger partial charge in [-0.05, 0) is 120 Å². The summed E-state index contributed by atoms with van der Waals surface area (Å²) in [5, 5.41) is 10.5. The first-order valence-electron chi connectivity index (χ1n) is 15.6. The van der Waals surface area contributed by atoms with Gasteiger partial charge in [-0.2, -0.15) is 0 Å². The summed E-state index contributed by atoms with van der Waals surface area (Å²) in [5.74, 6) is 0. The third-order valence-electron chi connectivity index (χ3n) is 8.82. The fourth-order valence-corrected chi connectivity index (χ4v) is 6.92. The Bertz CT molecular complexity index is 1380. The zero-order chi connectivity index (χ0) is 28.6. The summed E-state index contributed by atoms with van der Waals surface area (Å²) >= 11 is 0. The highest BCUT2D eigenvalue weighted by Gasteiger charge is 2.31. The van der Waals surface area contributed by atoms with E-state index in [1.165, 1.54) is 44.6 Å². The van der Waals surface area contributed by atoms with Crippen LogP contribution in [0.5, 0.6) is 0 Å². The highest BCUT2D eigenvalue weighted by Crippen LogP contribution is 2.41. The van der Waals surface area contributed by atoms with Crippen LogP contribution in [-0.4, -0.2) is 34.5 Å². The molecule has 5 aliphatic heterocycles. The molecule has 0 saturated heterocycles. The number of hydrogen-bond acceptors (Lipinski definition) is 2. The first kappa shape index (κ1) is 31.3. The highest BCUT2D eigenvalue weighted by molar-refractivity contribution is 6.14. The lowest BCUT2D eigenvalue weighted by Crippen LogP contribution is -2.06. The monoisotopic (exact) mass is 556 g/mol. The topological polar surface area (TPSA) is 52.9 Å². The van der Waals surface area contributed by atoms with Gasteiger partial charge in [-0.15, -0.1) is 0 Å². The molecule has 210 valence electrons. The quantitative estimate of drug-likeness (QED) is 0.268. The van der Waals surface area contributed by atoms with Crippen LogP contribution in [0.25, 0.3) is 0 Å². The summed E-state index contributed by atoms with van der Waals surface area (Å²) in [6.07, 6.45) is 16.6. The molecule has 0 N–H and O–H groups in total. The predicted molar refractivity (Wildman–Crippen MR) is 175 cm³/mol. The minimum Gasteiger partial charge on any atom is -0.248 e. The Labute approximate surface area is 263 Å². The Balaban J connectivity index is 0.00000387. The van der Waals surface area contributed by atoms with E-state index in [4.69, 9.17) is 20.6 Å². The lowest BCUT2D eigenvalue weighted by Gasteiger charge is -2.07. The average Bonchev–Trinajstić information content (AvgIpc) is 3.67. The molecule has 0 aromatic rings. The molecule has 5 heterocycles. The summed E-state index contributed by atoms with van der Waals surface area (Å²) < 4.78 is 0. The van der Waals surface area contributed by atoms with E-state index in [2.05, 4.69) is 79.7 Å². The van der Waals surface area contributed by atoms with Crippen LogP contribution < -0.4 is 10.6 Å². The van der Waals surface area contributed by atoms with Crippen molar-refractivity contribution in [1.82, 2.24) is 10.6 Å². The Morgan fingerprint density at radius 1 is 0.366 bits per heavy atom. The van der Waals surface area contributed by atoms with Crippen LogP contribution in [0.4, 0.5) is 0 Å². The maximum Gasteiger partial charge on any atom is 0.0694 e. The van der Waals surface area contributed by atoms with Crippen molar-refractivity contribution in [1.29, 1.82) is 0 Å². The van der Waals surface area contributed by atoms with Gasteiger partial charge in [0.15, 0.2) is 0 Å². The minimum absolute atomic E-state index is 0. The lowest BCUT2D eigenvalue weighted by molar-refractivity contribution is 0.999. The molecule has 8 bridgehead atoms. The molecule has 0 fully saturated rings. The largest absolute Gasteiger partial charge is 0.248 e. The van der Waals surface area contributed by atoms with Crippen molar-refractivity contribution in [3.05, 3.63) is 103 Å². The molecule has 0 spiro atoms. The number of allylic oxidation sites excluding steroid dienone is 12. The van der Waals surface area contributed by atoms with Crippen molar-refractivity contribution < 1.29 is 0 Å². The van der Waals surface area contributed by atoms with Gasteiger partial charge in [0.2, 0.25) is 0 Å². The van der Waals surface area contributed by atoms with Crippen LogP contribution >= 0.6 is 0 Å². The number of nitrogens with zero attached hydrogens (tertiary/aromatic N) is 4. The second-order valence-electron chi connectivity index (χ2n) is 10.8. The summed E-state index contributed by atoms with van der Waals surface area (Å²) in [7, 11) is 0. The summed E-state index contributed by atoms with van der Waals surface area (Å²) in [6, 6.07) is 0. The van der Waals surface area contributed by atoms with Crippen molar-refractivity contribution in [2.75, 3.05) is 0 Å². The van der Waals surface area contributed by atoms with E-state index in [0.717, 1.165) is 97.0 Å². The van der Waals surface area contributed by atoms with Crippen LogP contribution in [0.2, 0.25) is 0 Å². The second-order valence-corrected chi connectivity index (χ2v) is 10.8. The zero-order valence-electron chi connectivity index (χ0n) is 26.5. The fraction of sp³-hybridized carbons (Fsp3) is 0.444. The van der Waals surface area contributed by atoms with E-state index in [1.807, 2.05) is 0 Å². The van der Waals surface area contributed by atoms with E-state index < -0.39 is 0 Å². The van der Waals surface area contributed by atoms with Gasteiger partial charge in [-0.1, -0.05) is 55.4 Å². The van der Waals surface area contributed by atoms with Crippen LogP contribution in [0.15, 0.2) is 113 Å². The van der Waals surface area contributed by atoms with Gasteiger partial charge >= 0.3 is 0 Å². The normalized spacial score (nSPS) is 20.1. The number of fused-ring (bicyclic) bond motifs is 6. The molecular formula is C36H44MgN4. The van der Waals surface area contributed by atoms with Gasteiger partial charge in [0, 0.05) is 23.1 Å². The third kappa shape index (κ3) is 5.36. The van der Waals surface area contributed by atoms with E-state index in [1.54, 1.807) is 0 Å². The summed E-state index contributed by atoms with van der Waals surface area (Å²) in [5.41, 5.74) is 19.1. The summed E-state index contributed by atoms with van der Waals surface area (Å²) in [4.78, 5) is 10.5. The predicted octanol–water partition coefficient (Wildman–Crippen LogP) is 8.98. The van der Waals surface area contributed by atoms with Crippen molar-refractivity contribution in [2.45, 2.75) is 107 Å². The Kier molecular flexibility index (Phi) is 10.0. The summed E-state index contributed by atoms with van der Waals surface area (Å²) in [6.45, 7) is 17.9. The molecule has 0 unspecified atom stereocenters. The first-order chi connectivity index (χ1) is 19.5. The Morgan fingerprint density at radius 2 is 0.683 bits per heavy atom. The maximum atomic E-state index is 5.25. The molecule has 0 aromatic carbocycles. The average molecular weight is 557 g/mol. The van der Waals surface area contributed by atoms with Gasteiger partial charge in [0.25, 0.3) is 0 Å². The fourth-order valence-electron chi connectivity index (χ4n) is 6.92. The highest BCUT2D eigenvalue weighted by atomic mass is 24.3. The van der Waals surface area contributed by atoms with Crippen LogP contribution in [0.1, 0.15) is 107 Å². The number of rotatable bonds is 8. The molecule has 4 radical (unpaired) electrons. The second kappa shape index (κ2) is 13.1. The molecule has 41 heavy (non-hydrogen) atoms. The van der Waals surface area contributed by atoms with E-state index in [9.17, 15) is 0 Å². The van der Waals surface area contributed by atoms with Gasteiger partial charge in [-0.3, -0.25) is 0 Å². The molecule has 4 nitrogen and oxygen atoms in total. The maximum absolute atomic E-state index is 5.25. The molecule has 5 aliphatic rings. The number of aliphatic imine (C=N–C) groups is 2. The standard InChI is InChI=1S/C36H44N4.Mg/c1-9-21-22(10-2)30-18-32-25(13-5)26(14-6)34(39-32)20-36-28(16-8)27(15-7)35(40-36)19-33-24(12-4)23(11-3)31(38-33)17-29(21)37-30;/h17-20H,9-16H2,1-8H3;. The van der Waals surface area contributed by atoms with Crippen molar-refractivity contribution in [3.63, 3.8) is 0 Å². The Hall–Kier alpha value is -2.63. The van der Waals surface area contributed by atoms with Gasteiger partial charge < -0.3 is 0 Å². The van der Waals surface area contributed by atoms with Gasteiger partial charge in [0.05, 0.1) is 45.6 Å². The van der Waals surface area contributed by atoms with Crippen molar-refractivity contribution in [3.8, 4) is 0 Å². The smallest absolute Gasteiger partial charge is 0.0694 e. The van der Waals surface area contributed by atoms with Crippen LogP contribution in [0, 0.1) is 0 Å². The van der Waals surface area contributed by atoms with Crippen molar-refractivity contribution in [2.24, 2.45) is 9.98 Å². The van der Waals surface area contributed by atoms with E-state index >= 15 is 0 Å².